The Hall–Kier alpha value is -0.660. The van der Waals surface area contributed by atoms with Gasteiger partial charge in [-0.15, -0.1) is 0 Å². The molecule has 0 spiro atoms. The van der Waals surface area contributed by atoms with Crippen LogP contribution in [0, 0.1) is 17.3 Å². The Labute approximate surface area is 120 Å². The number of carboxylic acid groups (broad SMARTS) is 1. The van der Waals surface area contributed by atoms with E-state index in [2.05, 4.69) is 4.72 Å². The second-order valence-corrected chi connectivity index (χ2v) is 7.99. The third-order valence-electron chi connectivity index (χ3n) is 4.63. The van der Waals surface area contributed by atoms with E-state index < -0.39 is 27.3 Å². The molecule has 0 bridgehead atoms. The summed E-state index contributed by atoms with van der Waals surface area (Å²) in [5.74, 6) is -1.36. The molecular formula is C13H25NO5S. The molecule has 0 aromatic heterocycles. The molecule has 0 saturated heterocycles. The molecule has 0 aromatic carbocycles. The Morgan fingerprint density at radius 3 is 2.50 bits per heavy atom. The average molecular weight is 307 g/mol. The van der Waals surface area contributed by atoms with E-state index in [0.29, 0.717) is 12.8 Å². The van der Waals surface area contributed by atoms with Crippen molar-refractivity contribution in [3.05, 3.63) is 0 Å². The molecule has 0 amide bonds. The van der Waals surface area contributed by atoms with Crippen LogP contribution >= 0.6 is 0 Å². The fourth-order valence-electron chi connectivity index (χ4n) is 2.89. The van der Waals surface area contributed by atoms with E-state index in [4.69, 9.17) is 4.74 Å². The lowest BCUT2D eigenvalue weighted by atomic mass is 9.61. The van der Waals surface area contributed by atoms with E-state index in [9.17, 15) is 18.3 Å². The van der Waals surface area contributed by atoms with Crippen LogP contribution in [0.5, 0.6) is 0 Å². The maximum Gasteiger partial charge on any atom is 0.307 e. The van der Waals surface area contributed by atoms with Crippen molar-refractivity contribution in [2.24, 2.45) is 17.3 Å². The number of carboxylic acids is 1. The second-order valence-electron chi connectivity index (χ2n) is 6.11. The van der Waals surface area contributed by atoms with Crippen LogP contribution in [-0.4, -0.2) is 45.0 Å². The van der Waals surface area contributed by atoms with Gasteiger partial charge in [-0.1, -0.05) is 20.8 Å². The lowest BCUT2D eigenvalue weighted by molar-refractivity contribution is -0.150. The first-order valence-electron chi connectivity index (χ1n) is 6.83. The molecule has 1 rings (SSSR count). The molecule has 118 valence electrons. The number of hydrogen-bond acceptors (Lipinski definition) is 4. The van der Waals surface area contributed by atoms with Gasteiger partial charge in [-0.05, 0) is 24.2 Å². The maximum absolute atomic E-state index is 11.9. The second kappa shape index (κ2) is 6.41. The predicted molar refractivity (Wildman–Crippen MR) is 75.9 cm³/mol. The summed E-state index contributed by atoms with van der Waals surface area (Å²) in [4.78, 5) is 11.3. The van der Waals surface area contributed by atoms with Crippen molar-refractivity contribution < 1.29 is 23.1 Å². The molecule has 20 heavy (non-hydrogen) atoms. The lowest BCUT2D eigenvalue weighted by Gasteiger charge is -2.46. The molecule has 3 unspecified atom stereocenters. The van der Waals surface area contributed by atoms with Crippen LogP contribution in [0.2, 0.25) is 0 Å². The summed E-state index contributed by atoms with van der Waals surface area (Å²) < 4.78 is 31.3. The maximum atomic E-state index is 11.9. The van der Waals surface area contributed by atoms with Crippen molar-refractivity contribution in [3.8, 4) is 0 Å². The smallest absolute Gasteiger partial charge is 0.307 e. The molecular weight excluding hydrogens is 282 g/mol. The molecule has 6 nitrogen and oxygen atoms in total. The van der Waals surface area contributed by atoms with Crippen molar-refractivity contribution >= 4 is 16.0 Å². The zero-order valence-corrected chi connectivity index (χ0v) is 13.4. The zero-order chi connectivity index (χ0) is 15.6. The molecule has 1 aliphatic rings. The summed E-state index contributed by atoms with van der Waals surface area (Å²) in [6.07, 6.45) is 1.04. The number of methoxy groups -OCH3 is 1. The van der Waals surface area contributed by atoms with Gasteiger partial charge < -0.3 is 9.84 Å². The highest BCUT2D eigenvalue weighted by Crippen LogP contribution is 2.45. The number of carbonyl (C=O) groups is 1. The molecule has 0 radical (unpaired) electrons. The summed E-state index contributed by atoms with van der Waals surface area (Å²) in [7, 11) is -1.93. The number of rotatable bonds is 6. The topological polar surface area (TPSA) is 92.7 Å². The molecule has 0 heterocycles. The number of hydrogen-bond donors (Lipinski definition) is 2. The van der Waals surface area contributed by atoms with Crippen LogP contribution in [-0.2, 0) is 19.6 Å². The quantitative estimate of drug-likeness (QED) is 0.766. The highest BCUT2D eigenvalue weighted by molar-refractivity contribution is 7.89. The molecule has 0 aromatic rings. The van der Waals surface area contributed by atoms with Gasteiger partial charge in [0.05, 0.1) is 18.3 Å². The molecule has 2 N–H and O–H groups in total. The third-order valence-corrected chi connectivity index (χ3v) is 5.99. The zero-order valence-electron chi connectivity index (χ0n) is 12.5. The highest BCUT2D eigenvalue weighted by atomic mass is 32.2. The van der Waals surface area contributed by atoms with E-state index in [1.165, 1.54) is 7.11 Å². The van der Waals surface area contributed by atoms with E-state index in [1.54, 1.807) is 0 Å². The Bertz CT molecular complexity index is 446. The van der Waals surface area contributed by atoms with Gasteiger partial charge in [0.25, 0.3) is 0 Å². The Morgan fingerprint density at radius 2 is 2.00 bits per heavy atom. The van der Waals surface area contributed by atoms with Crippen LogP contribution in [0.15, 0.2) is 0 Å². The molecule has 7 heteroatoms. The van der Waals surface area contributed by atoms with Crippen molar-refractivity contribution in [2.45, 2.75) is 39.7 Å². The minimum Gasteiger partial charge on any atom is -0.481 e. The molecule has 3 atom stereocenters. The molecule has 1 aliphatic carbocycles. The van der Waals surface area contributed by atoms with E-state index in [0.717, 1.165) is 0 Å². The summed E-state index contributed by atoms with van der Waals surface area (Å²) in [6, 6.07) is -0.220. The number of nitrogens with one attached hydrogen (secondary N) is 1. The average Bonchev–Trinajstić information content (AvgIpc) is 2.32. The van der Waals surface area contributed by atoms with Crippen LogP contribution in [0.1, 0.15) is 33.6 Å². The van der Waals surface area contributed by atoms with E-state index in [-0.39, 0.29) is 24.3 Å². The fraction of sp³-hybridized carbons (Fsp3) is 0.923. The van der Waals surface area contributed by atoms with Crippen molar-refractivity contribution in [1.82, 2.24) is 4.72 Å². The molecule has 1 saturated carbocycles. The van der Waals surface area contributed by atoms with Gasteiger partial charge in [-0.25, -0.2) is 13.1 Å². The van der Waals surface area contributed by atoms with E-state index in [1.807, 2.05) is 20.8 Å². The first-order chi connectivity index (χ1) is 9.12. The first-order valence-corrected chi connectivity index (χ1v) is 8.48. The Morgan fingerprint density at radius 1 is 1.40 bits per heavy atom. The SMILES string of the molecule is COCCS(=O)(=O)NC1CCC(C(=O)O)C(C)(C)C1C. The van der Waals surface area contributed by atoms with Crippen molar-refractivity contribution in [2.75, 3.05) is 19.5 Å². The normalized spacial score (nSPS) is 30.1. The predicted octanol–water partition coefficient (Wildman–Crippen LogP) is 1.08. The minimum atomic E-state index is -3.39. The van der Waals surface area contributed by atoms with Crippen molar-refractivity contribution in [3.63, 3.8) is 0 Å². The van der Waals surface area contributed by atoms with Crippen molar-refractivity contribution in [1.29, 1.82) is 0 Å². The Balaban J connectivity index is 2.78. The van der Waals surface area contributed by atoms with Gasteiger partial charge in [-0.2, -0.15) is 0 Å². The lowest BCUT2D eigenvalue weighted by Crippen LogP contribution is -2.52. The summed E-state index contributed by atoms with van der Waals surface area (Å²) in [5, 5.41) is 9.27. The van der Waals surface area contributed by atoms with Gasteiger partial charge in [0.15, 0.2) is 0 Å². The molecule has 1 fully saturated rings. The summed E-state index contributed by atoms with van der Waals surface area (Å²) in [5.41, 5.74) is -0.446. The fourth-order valence-corrected chi connectivity index (χ4v) is 4.18. The standard InChI is InChI=1S/C13H25NO5S/c1-9-11(14-20(17,18)8-7-19-4)6-5-10(12(15)16)13(9,2)3/h9-11,14H,5-8H2,1-4H3,(H,15,16). The van der Waals surface area contributed by atoms with Crippen LogP contribution in [0.4, 0.5) is 0 Å². The van der Waals surface area contributed by atoms with E-state index >= 15 is 0 Å². The Kier molecular flexibility index (Phi) is 5.57. The van der Waals surface area contributed by atoms with Gasteiger partial charge in [0, 0.05) is 13.2 Å². The number of aliphatic carboxylic acids is 1. The van der Waals surface area contributed by atoms with Crippen LogP contribution in [0.25, 0.3) is 0 Å². The van der Waals surface area contributed by atoms with Crippen LogP contribution in [0.3, 0.4) is 0 Å². The summed E-state index contributed by atoms with van der Waals surface area (Å²) in [6.45, 7) is 5.86. The van der Waals surface area contributed by atoms with Gasteiger partial charge in [-0.3, -0.25) is 4.79 Å². The van der Waals surface area contributed by atoms with Crippen LogP contribution < -0.4 is 4.72 Å². The minimum absolute atomic E-state index is 0.0466. The van der Waals surface area contributed by atoms with Gasteiger partial charge in [0.2, 0.25) is 10.0 Å². The monoisotopic (exact) mass is 307 g/mol. The number of ether oxygens (including phenoxy) is 1. The summed E-state index contributed by atoms with van der Waals surface area (Å²) >= 11 is 0. The molecule has 0 aliphatic heterocycles. The van der Waals surface area contributed by atoms with Gasteiger partial charge in [0.1, 0.15) is 0 Å². The highest BCUT2D eigenvalue weighted by Gasteiger charge is 2.46. The first kappa shape index (κ1) is 17.4. The third kappa shape index (κ3) is 3.93. The number of sulfonamides is 1. The van der Waals surface area contributed by atoms with Gasteiger partial charge >= 0.3 is 5.97 Å². The largest absolute Gasteiger partial charge is 0.481 e.